The Morgan fingerprint density at radius 3 is 2.67 bits per heavy atom. The van der Waals surface area contributed by atoms with Gasteiger partial charge < -0.3 is 20.4 Å². The summed E-state index contributed by atoms with van der Waals surface area (Å²) in [6.45, 7) is 4.13. The molecule has 30 heavy (non-hydrogen) atoms. The van der Waals surface area contributed by atoms with Crippen LogP contribution in [0.1, 0.15) is 24.8 Å². The first kappa shape index (κ1) is 20.4. The third-order valence-electron chi connectivity index (χ3n) is 5.70. The molecule has 2 aromatic rings. The van der Waals surface area contributed by atoms with Crippen LogP contribution in [-0.4, -0.2) is 50.2 Å². The highest BCUT2D eigenvalue weighted by Crippen LogP contribution is 2.24. The number of benzene rings is 1. The molecule has 2 aliphatic rings. The number of hydrogen-bond acceptors (Lipinski definition) is 4. The minimum Gasteiger partial charge on any atom is -0.367 e. The Morgan fingerprint density at radius 2 is 1.97 bits per heavy atom. The third-order valence-corrected chi connectivity index (χ3v) is 5.70. The predicted molar refractivity (Wildman–Crippen MR) is 116 cm³/mol. The lowest BCUT2D eigenvalue weighted by atomic mass is 10.2. The molecule has 1 aromatic heterocycles. The van der Waals surface area contributed by atoms with Crippen molar-refractivity contribution in [2.24, 2.45) is 4.99 Å². The molecule has 1 aromatic carbocycles. The van der Waals surface area contributed by atoms with Crippen LogP contribution in [0.5, 0.6) is 0 Å². The Balaban J connectivity index is 1.28. The summed E-state index contributed by atoms with van der Waals surface area (Å²) in [6, 6.07) is 8.03. The van der Waals surface area contributed by atoms with E-state index in [1.807, 2.05) is 11.1 Å². The van der Waals surface area contributed by atoms with Crippen molar-refractivity contribution in [3.05, 3.63) is 53.7 Å². The summed E-state index contributed by atoms with van der Waals surface area (Å²) in [5.41, 5.74) is 1.52. The molecule has 2 fully saturated rings. The summed E-state index contributed by atoms with van der Waals surface area (Å²) in [6.07, 6.45) is 5.23. The van der Waals surface area contributed by atoms with Gasteiger partial charge in [-0.2, -0.15) is 0 Å². The first-order chi connectivity index (χ1) is 14.6. The maximum absolute atomic E-state index is 14.0. The van der Waals surface area contributed by atoms with E-state index in [0.29, 0.717) is 31.3 Å². The Hall–Kier alpha value is -2.90. The molecular formula is C22H28F2N6. The van der Waals surface area contributed by atoms with Gasteiger partial charge in [-0.05, 0) is 43.0 Å². The van der Waals surface area contributed by atoms with Crippen LogP contribution in [0.3, 0.4) is 0 Å². The summed E-state index contributed by atoms with van der Waals surface area (Å²) in [4.78, 5) is 13.1. The van der Waals surface area contributed by atoms with Crippen LogP contribution in [0.15, 0.2) is 41.5 Å². The minimum atomic E-state index is -0.558. The fourth-order valence-electron chi connectivity index (χ4n) is 4.06. The first-order valence-corrected chi connectivity index (χ1v) is 10.5. The molecule has 2 saturated heterocycles. The van der Waals surface area contributed by atoms with Crippen molar-refractivity contribution in [3.8, 4) is 0 Å². The Kier molecular flexibility index (Phi) is 6.30. The van der Waals surface area contributed by atoms with Gasteiger partial charge in [0.2, 0.25) is 0 Å². The van der Waals surface area contributed by atoms with Crippen LogP contribution in [0.25, 0.3) is 0 Å². The summed E-state index contributed by atoms with van der Waals surface area (Å²) in [5.74, 6) is 0.656. The van der Waals surface area contributed by atoms with Gasteiger partial charge in [-0.3, -0.25) is 4.99 Å². The summed E-state index contributed by atoms with van der Waals surface area (Å²) < 4.78 is 27.2. The van der Waals surface area contributed by atoms with Crippen LogP contribution >= 0.6 is 0 Å². The fraction of sp³-hybridized carbons (Fsp3) is 0.455. The van der Waals surface area contributed by atoms with E-state index >= 15 is 0 Å². The van der Waals surface area contributed by atoms with Gasteiger partial charge in [0.1, 0.15) is 17.5 Å². The molecule has 0 aliphatic carbocycles. The topological polar surface area (TPSA) is 55.8 Å². The van der Waals surface area contributed by atoms with Gasteiger partial charge in [0.05, 0.1) is 5.69 Å². The van der Waals surface area contributed by atoms with Crippen molar-refractivity contribution in [2.45, 2.75) is 31.8 Å². The highest BCUT2D eigenvalue weighted by atomic mass is 19.1. The highest BCUT2D eigenvalue weighted by Gasteiger charge is 2.25. The number of aromatic nitrogens is 1. The summed E-state index contributed by atoms with van der Waals surface area (Å²) >= 11 is 0. The van der Waals surface area contributed by atoms with Gasteiger partial charge in [-0.1, -0.05) is 6.07 Å². The van der Waals surface area contributed by atoms with Crippen LogP contribution in [0.4, 0.5) is 20.3 Å². The van der Waals surface area contributed by atoms with Gasteiger partial charge >= 0.3 is 0 Å². The molecule has 160 valence electrons. The van der Waals surface area contributed by atoms with E-state index in [1.54, 1.807) is 7.05 Å². The average Bonchev–Trinajstić information content (AvgIpc) is 3.44. The standard InChI is InChI=1S/C22H28F2N6/c1-25-22(27-14-16-4-7-21(26-13-16)29-9-2-3-10-29)28-18-8-11-30(15-18)20-6-5-17(23)12-19(20)24/h4-7,12-13,18H,2-3,8-11,14-15H2,1H3,(H2,25,27,28). The molecule has 0 bridgehead atoms. The monoisotopic (exact) mass is 414 g/mol. The Bertz CT molecular complexity index is 880. The molecule has 1 unspecified atom stereocenters. The van der Waals surface area contributed by atoms with E-state index in [0.717, 1.165) is 37.0 Å². The van der Waals surface area contributed by atoms with Crippen molar-refractivity contribution in [1.82, 2.24) is 15.6 Å². The molecule has 8 heteroatoms. The molecule has 0 spiro atoms. The molecule has 6 nitrogen and oxygen atoms in total. The number of anilines is 2. The Morgan fingerprint density at radius 1 is 1.13 bits per heavy atom. The van der Waals surface area contributed by atoms with Gasteiger partial charge in [-0.15, -0.1) is 0 Å². The van der Waals surface area contributed by atoms with Crippen molar-refractivity contribution < 1.29 is 8.78 Å². The van der Waals surface area contributed by atoms with Crippen LogP contribution in [0, 0.1) is 11.6 Å². The molecule has 3 heterocycles. The maximum Gasteiger partial charge on any atom is 0.191 e. The van der Waals surface area contributed by atoms with E-state index < -0.39 is 11.6 Å². The van der Waals surface area contributed by atoms with Crippen molar-refractivity contribution >= 4 is 17.5 Å². The lowest BCUT2D eigenvalue weighted by Crippen LogP contribution is -2.44. The van der Waals surface area contributed by atoms with Crippen LogP contribution in [0.2, 0.25) is 0 Å². The Labute approximate surface area is 176 Å². The summed E-state index contributed by atoms with van der Waals surface area (Å²) in [5, 5.41) is 6.71. The van der Waals surface area contributed by atoms with Crippen LogP contribution in [-0.2, 0) is 6.54 Å². The molecule has 0 saturated carbocycles. The van der Waals surface area contributed by atoms with Gasteiger partial charge in [0, 0.05) is 58.1 Å². The number of halogens is 2. The second-order valence-corrected chi connectivity index (χ2v) is 7.82. The van der Waals surface area contributed by atoms with E-state index in [1.165, 1.54) is 25.0 Å². The predicted octanol–water partition coefficient (Wildman–Crippen LogP) is 2.90. The van der Waals surface area contributed by atoms with Gasteiger partial charge in [0.25, 0.3) is 0 Å². The lowest BCUT2D eigenvalue weighted by molar-refractivity contribution is 0.580. The van der Waals surface area contributed by atoms with Crippen molar-refractivity contribution in [2.75, 3.05) is 43.0 Å². The number of nitrogens with zero attached hydrogens (tertiary/aromatic N) is 4. The maximum atomic E-state index is 14.0. The zero-order chi connectivity index (χ0) is 20.9. The van der Waals surface area contributed by atoms with Crippen molar-refractivity contribution in [3.63, 3.8) is 0 Å². The lowest BCUT2D eigenvalue weighted by Gasteiger charge is -2.21. The molecule has 1 atom stereocenters. The number of hydrogen-bond donors (Lipinski definition) is 2. The fourth-order valence-corrected chi connectivity index (χ4v) is 4.06. The number of nitrogens with one attached hydrogen (secondary N) is 2. The quantitative estimate of drug-likeness (QED) is 0.582. The minimum absolute atomic E-state index is 0.135. The van der Waals surface area contributed by atoms with E-state index in [4.69, 9.17) is 0 Å². The molecular weight excluding hydrogens is 386 g/mol. The molecule has 0 radical (unpaired) electrons. The number of guanidine groups is 1. The zero-order valence-corrected chi connectivity index (χ0v) is 17.2. The van der Waals surface area contributed by atoms with Crippen molar-refractivity contribution in [1.29, 1.82) is 0 Å². The highest BCUT2D eigenvalue weighted by molar-refractivity contribution is 5.80. The largest absolute Gasteiger partial charge is 0.367 e. The molecule has 2 aliphatic heterocycles. The van der Waals surface area contributed by atoms with E-state index in [-0.39, 0.29) is 6.04 Å². The van der Waals surface area contributed by atoms with Gasteiger partial charge in [0.15, 0.2) is 5.96 Å². The summed E-state index contributed by atoms with van der Waals surface area (Å²) in [7, 11) is 1.73. The van der Waals surface area contributed by atoms with E-state index in [2.05, 4.69) is 37.6 Å². The number of pyridine rings is 1. The average molecular weight is 415 g/mol. The third kappa shape index (κ3) is 4.80. The second kappa shape index (κ2) is 9.28. The molecule has 4 rings (SSSR count). The smallest absolute Gasteiger partial charge is 0.191 e. The van der Waals surface area contributed by atoms with Gasteiger partial charge in [-0.25, -0.2) is 13.8 Å². The SMILES string of the molecule is CN=C(NCc1ccc(N2CCCC2)nc1)NC1CCN(c2ccc(F)cc2F)C1. The second-order valence-electron chi connectivity index (χ2n) is 7.82. The molecule has 2 N–H and O–H groups in total. The normalized spacial score (nSPS) is 19.4. The number of aliphatic imine (C=N–C) groups is 1. The van der Waals surface area contributed by atoms with Crippen LogP contribution < -0.4 is 20.4 Å². The molecule has 0 amide bonds. The first-order valence-electron chi connectivity index (χ1n) is 10.5. The van der Waals surface area contributed by atoms with E-state index in [9.17, 15) is 8.78 Å². The zero-order valence-electron chi connectivity index (χ0n) is 17.2. The number of rotatable bonds is 5.